The molecule has 1 aliphatic rings. The molecule has 64 heavy (non-hydrogen) atoms. The van der Waals surface area contributed by atoms with Gasteiger partial charge in [-0.3, -0.25) is 20.3 Å². The van der Waals surface area contributed by atoms with Gasteiger partial charge in [0.25, 0.3) is 0 Å². The fraction of sp³-hybridized carbons (Fsp3) is 0.630. The minimum Gasteiger partial charge on any atom is -0.462 e. The number of primary amides is 1. The van der Waals surface area contributed by atoms with Gasteiger partial charge in [0.2, 0.25) is 21.8 Å². The van der Waals surface area contributed by atoms with Crippen LogP contribution in [0.4, 0.5) is 0 Å². The molecular formula is C46H76N8O9S+2. The highest BCUT2D eigenvalue weighted by atomic mass is 32.2. The van der Waals surface area contributed by atoms with E-state index in [0.717, 1.165) is 37.7 Å². The first-order chi connectivity index (χ1) is 30.4. The van der Waals surface area contributed by atoms with Crippen LogP contribution in [0.15, 0.2) is 54.6 Å². The predicted molar refractivity (Wildman–Crippen MR) is 247 cm³/mol. The lowest BCUT2D eigenvalue weighted by atomic mass is 9.85. The summed E-state index contributed by atoms with van der Waals surface area (Å²) in [5.74, 6) is -1.49. The maximum atomic E-state index is 14.0. The van der Waals surface area contributed by atoms with Crippen molar-refractivity contribution in [3.63, 3.8) is 0 Å². The van der Waals surface area contributed by atoms with Gasteiger partial charge in [-0.05, 0) is 77.7 Å². The minimum atomic E-state index is -3.90. The van der Waals surface area contributed by atoms with Crippen molar-refractivity contribution in [2.45, 2.75) is 134 Å². The van der Waals surface area contributed by atoms with Crippen molar-refractivity contribution in [3.05, 3.63) is 71.3 Å². The number of nitrogens with two attached hydrogens (primary N) is 3. The fourth-order valence-electron chi connectivity index (χ4n) is 7.35. The third-order valence-electron chi connectivity index (χ3n) is 11.2. The molecule has 0 saturated heterocycles. The zero-order chi connectivity index (χ0) is 47.0. The number of ether oxygens (including phenoxy) is 3. The van der Waals surface area contributed by atoms with Crippen LogP contribution in [0.1, 0.15) is 115 Å². The molecule has 1 fully saturated rings. The number of quaternary nitrogens is 1. The maximum Gasteiger partial charge on any atom is 0.355 e. The maximum absolute atomic E-state index is 14.0. The van der Waals surface area contributed by atoms with Crippen LogP contribution in [0.2, 0.25) is 0 Å². The first-order valence-corrected chi connectivity index (χ1v) is 24.3. The molecule has 0 heterocycles. The van der Waals surface area contributed by atoms with E-state index in [1.807, 2.05) is 33.8 Å². The lowest BCUT2D eigenvalue weighted by Gasteiger charge is -2.29. The number of rotatable bonds is 31. The second-order valence-electron chi connectivity index (χ2n) is 17.9. The summed E-state index contributed by atoms with van der Waals surface area (Å²) < 4.78 is 46.6. The van der Waals surface area contributed by atoms with Crippen LogP contribution in [0.25, 0.3) is 0 Å². The molecule has 3 rings (SSSR count). The van der Waals surface area contributed by atoms with Gasteiger partial charge < -0.3 is 41.4 Å². The van der Waals surface area contributed by atoms with E-state index in [-0.39, 0.29) is 60.6 Å². The monoisotopic (exact) mass is 917 g/mol. The van der Waals surface area contributed by atoms with E-state index in [0.29, 0.717) is 82.5 Å². The third kappa shape index (κ3) is 22.5. The van der Waals surface area contributed by atoms with Crippen molar-refractivity contribution in [3.8, 4) is 0 Å². The standard InChI is InChI=1S/C46H74N8O9S/c1-45(2,62-27-23-46(3,4)63-28-24-47)22-26-51-41(56)32-61-31-40(55)50-25-12-11-17-38(43(57)52-30-35-18-20-37(21-19-35)42(48)49)53-44(58)39(29-34-13-7-5-8-14-34)54-64(59,60)33-36-15-9-6-10-16-36/h6,9-10,15-16,18-21,34,38-39,54H,5,7-8,11-14,17,22-33,47H2,1-4H3,(H3,48,49)(H,50,55)(H,51,56)(H,52,57)(H,53,58)/p+2/t38-,39?/m1/s1. The molecule has 0 bridgehead atoms. The number of carbonyl (C=O) groups excluding carboxylic acids is 3. The Labute approximate surface area is 380 Å². The molecule has 1 saturated carbocycles. The molecule has 2 atom stereocenters. The Morgan fingerprint density at radius 3 is 2.25 bits per heavy atom. The number of hydrogen-bond donors (Lipinski definition) is 9. The van der Waals surface area contributed by atoms with Crippen molar-refractivity contribution in [1.82, 2.24) is 15.4 Å². The van der Waals surface area contributed by atoms with Crippen LogP contribution in [-0.4, -0.2) is 112 Å². The van der Waals surface area contributed by atoms with Gasteiger partial charge in [-0.15, -0.1) is 0 Å². The molecule has 12 N–H and O–H groups in total. The van der Waals surface area contributed by atoms with Crippen molar-refractivity contribution >= 4 is 39.5 Å². The number of benzene rings is 2. The summed E-state index contributed by atoms with van der Waals surface area (Å²) in [6.45, 7) is 9.83. The number of aliphatic hydroxyl groups excluding tert-OH is 1. The average molecular weight is 917 g/mol. The van der Waals surface area contributed by atoms with Gasteiger partial charge in [0.05, 0.1) is 36.7 Å². The summed E-state index contributed by atoms with van der Waals surface area (Å²) in [5, 5.41) is 26.2. The largest absolute Gasteiger partial charge is 0.462 e. The van der Waals surface area contributed by atoms with Crippen LogP contribution in [0.5, 0.6) is 0 Å². The fourth-order valence-corrected chi connectivity index (χ4v) is 8.70. The zero-order valence-electron chi connectivity index (χ0n) is 38.4. The number of carbonyl (C=O) groups is 3. The highest BCUT2D eigenvalue weighted by Crippen LogP contribution is 2.28. The smallest absolute Gasteiger partial charge is 0.355 e. The number of hydrogen-bond acceptors (Lipinski definition) is 10. The second-order valence-corrected chi connectivity index (χ2v) is 19.6. The summed E-state index contributed by atoms with van der Waals surface area (Å²) in [4.78, 5) is 42.0. The molecule has 18 heteroatoms. The number of sulfonamides is 1. The molecule has 0 aliphatic heterocycles. The van der Waals surface area contributed by atoms with Crippen molar-refractivity contribution in [2.75, 3.05) is 46.1 Å². The van der Waals surface area contributed by atoms with Gasteiger partial charge in [-0.25, -0.2) is 22.9 Å². The molecule has 3 amide bonds. The predicted octanol–water partition coefficient (Wildman–Crippen LogP) is 1.17. The summed E-state index contributed by atoms with van der Waals surface area (Å²) in [5.41, 5.74) is 12.3. The highest BCUT2D eigenvalue weighted by Gasteiger charge is 2.32. The zero-order valence-corrected chi connectivity index (χ0v) is 39.2. The van der Waals surface area contributed by atoms with E-state index in [9.17, 15) is 27.9 Å². The molecule has 1 unspecified atom stereocenters. The van der Waals surface area contributed by atoms with Crippen LogP contribution >= 0.6 is 0 Å². The Kier molecular flexibility index (Phi) is 23.6. The summed E-state index contributed by atoms with van der Waals surface area (Å²) in [6, 6.07) is 13.8. The third-order valence-corrected chi connectivity index (χ3v) is 12.5. The van der Waals surface area contributed by atoms with E-state index < -0.39 is 33.6 Å². The first-order valence-electron chi connectivity index (χ1n) is 22.6. The van der Waals surface area contributed by atoms with Crippen LogP contribution in [-0.2, 0) is 50.9 Å². The quantitative estimate of drug-likeness (QED) is 0.0294. The van der Waals surface area contributed by atoms with E-state index >= 15 is 0 Å². The Balaban J connectivity index is 1.52. The summed E-state index contributed by atoms with van der Waals surface area (Å²) in [6.07, 6.45) is 7.92. The molecular weight excluding hydrogens is 841 g/mol. The number of nitrogens with one attached hydrogen (secondary N) is 5. The van der Waals surface area contributed by atoms with E-state index in [2.05, 4.69) is 20.3 Å². The van der Waals surface area contributed by atoms with Crippen molar-refractivity contribution < 1.29 is 52.4 Å². The molecule has 0 radical (unpaired) electrons. The number of aliphatic hydroxyl groups is 1. The molecule has 358 valence electrons. The topological polar surface area (TPSA) is 276 Å². The van der Waals surface area contributed by atoms with Gasteiger partial charge in [0.15, 0.2) is 19.2 Å². The van der Waals surface area contributed by atoms with Gasteiger partial charge in [0.1, 0.15) is 18.5 Å². The molecule has 2 aromatic rings. The Hall–Kier alpha value is -4.30. The van der Waals surface area contributed by atoms with Crippen LogP contribution in [0, 0.1) is 11.3 Å². The first kappa shape index (κ1) is 54.0. The van der Waals surface area contributed by atoms with Gasteiger partial charge in [0, 0.05) is 24.2 Å². The van der Waals surface area contributed by atoms with Gasteiger partial charge in [-0.1, -0.05) is 86.7 Å². The molecule has 0 spiro atoms. The minimum absolute atomic E-state index is 0.0625. The van der Waals surface area contributed by atoms with E-state index in [1.54, 1.807) is 48.5 Å². The number of amidine groups is 1. The van der Waals surface area contributed by atoms with E-state index in [4.69, 9.17) is 31.1 Å². The number of unbranched alkanes of at least 4 members (excludes halogenated alkanes) is 1. The lowest BCUT2D eigenvalue weighted by molar-refractivity contribution is -0.570. The number of amides is 3. The van der Waals surface area contributed by atoms with Crippen molar-refractivity contribution in [1.29, 1.82) is 5.41 Å². The van der Waals surface area contributed by atoms with Gasteiger partial charge in [-0.2, -0.15) is 0 Å². The highest BCUT2D eigenvalue weighted by molar-refractivity contribution is 7.88. The molecule has 1 aliphatic carbocycles. The Morgan fingerprint density at radius 2 is 1.58 bits per heavy atom. The Bertz CT molecular complexity index is 1870. The molecule has 17 nitrogen and oxygen atoms in total. The second kappa shape index (κ2) is 27.9. The lowest BCUT2D eigenvalue weighted by Crippen LogP contribution is -2.89. The average Bonchev–Trinajstić information content (AvgIpc) is 3.24. The van der Waals surface area contributed by atoms with Crippen LogP contribution < -0.4 is 37.1 Å². The summed E-state index contributed by atoms with van der Waals surface area (Å²) in [7, 11) is -3.90. The van der Waals surface area contributed by atoms with Crippen molar-refractivity contribution in [2.24, 2.45) is 17.4 Å². The molecule has 0 aromatic heterocycles. The normalized spacial score (nSPS) is 15.0. The SMILES string of the molecule is CC(C)(CCNC(=O)COCC(=O)[NH2+]CCCC[C@@H](NC(=O)C(CC1CCCCC1)NS(=O)(=O)Cc1ccccc1)C(O)=[NH+]Cc1ccc(C(=N)N)cc1)OCCC(C)(C)OCCN. The van der Waals surface area contributed by atoms with Gasteiger partial charge >= 0.3 is 11.8 Å². The Morgan fingerprint density at radius 1 is 0.906 bits per heavy atom. The molecule has 2 aromatic carbocycles. The van der Waals surface area contributed by atoms with Crippen LogP contribution in [0.3, 0.4) is 0 Å². The number of nitrogen functional groups attached to an aromatic ring is 1. The summed E-state index contributed by atoms with van der Waals surface area (Å²) >= 11 is 0. The van der Waals surface area contributed by atoms with E-state index in [1.165, 1.54) is 5.32 Å².